The highest BCUT2D eigenvalue weighted by molar-refractivity contribution is 6.25. The minimum atomic E-state index is 1.08. The summed E-state index contributed by atoms with van der Waals surface area (Å²) >= 11 is 0. The van der Waals surface area contributed by atoms with Gasteiger partial charge in [0.1, 0.15) is 0 Å². The molecular weight excluding hydrogens is 783 g/mol. The molecule has 1 nitrogen and oxygen atoms in total. The van der Waals surface area contributed by atoms with Crippen molar-refractivity contribution in [1.82, 2.24) is 0 Å². The van der Waals surface area contributed by atoms with Crippen LogP contribution >= 0.6 is 0 Å². The highest BCUT2D eigenvalue weighted by Gasteiger charge is 2.20. The molecule has 0 aromatic heterocycles. The molecule has 65 heavy (non-hydrogen) atoms. The molecular formula is C64H43N. The average Bonchev–Trinajstić information content (AvgIpc) is 3.39. The first kappa shape index (κ1) is 38.2. The van der Waals surface area contributed by atoms with Crippen LogP contribution in [0, 0.1) is 0 Å². The van der Waals surface area contributed by atoms with E-state index in [1.54, 1.807) is 0 Å². The molecule has 0 bridgehead atoms. The van der Waals surface area contributed by atoms with Gasteiger partial charge in [-0.15, -0.1) is 0 Å². The summed E-state index contributed by atoms with van der Waals surface area (Å²) in [6.07, 6.45) is 0. The van der Waals surface area contributed by atoms with Crippen LogP contribution < -0.4 is 4.90 Å². The van der Waals surface area contributed by atoms with E-state index in [0.29, 0.717) is 0 Å². The lowest BCUT2D eigenvalue weighted by atomic mass is 9.89. The fourth-order valence-electron chi connectivity index (χ4n) is 9.93. The van der Waals surface area contributed by atoms with Gasteiger partial charge in [-0.25, -0.2) is 0 Å². The molecule has 304 valence electrons. The number of hydrogen-bond acceptors (Lipinski definition) is 1. The minimum absolute atomic E-state index is 1.08. The first-order valence-corrected chi connectivity index (χ1v) is 22.4. The van der Waals surface area contributed by atoms with Crippen LogP contribution in [0.3, 0.4) is 0 Å². The summed E-state index contributed by atoms with van der Waals surface area (Å²) in [6.45, 7) is 0. The molecule has 0 saturated heterocycles. The van der Waals surface area contributed by atoms with E-state index < -0.39 is 0 Å². The van der Waals surface area contributed by atoms with Crippen LogP contribution in [-0.4, -0.2) is 0 Å². The molecule has 0 amide bonds. The van der Waals surface area contributed by atoms with E-state index in [9.17, 15) is 0 Å². The molecule has 0 aliphatic rings. The van der Waals surface area contributed by atoms with Gasteiger partial charge in [0, 0.05) is 16.9 Å². The topological polar surface area (TPSA) is 3.24 Å². The zero-order valence-electron chi connectivity index (χ0n) is 35.8. The molecule has 12 aromatic carbocycles. The number of nitrogens with zero attached hydrogens (tertiary/aromatic N) is 1. The van der Waals surface area contributed by atoms with Crippen molar-refractivity contribution < 1.29 is 0 Å². The summed E-state index contributed by atoms with van der Waals surface area (Å²) in [5, 5.41) is 10.2. The molecule has 0 N–H and O–H groups in total. The minimum Gasteiger partial charge on any atom is -0.310 e. The molecule has 12 rings (SSSR count). The third kappa shape index (κ3) is 6.92. The molecule has 0 unspecified atom stereocenters. The molecule has 0 atom stereocenters. The van der Waals surface area contributed by atoms with Crippen molar-refractivity contribution in [3.63, 3.8) is 0 Å². The summed E-state index contributed by atoms with van der Waals surface area (Å²) < 4.78 is 0. The summed E-state index contributed by atoms with van der Waals surface area (Å²) in [7, 11) is 0. The van der Waals surface area contributed by atoms with Gasteiger partial charge < -0.3 is 4.90 Å². The number of benzene rings is 12. The predicted octanol–water partition coefficient (Wildman–Crippen LogP) is 18.1. The number of anilines is 3. The van der Waals surface area contributed by atoms with Gasteiger partial charge in [0.2, 0.25) is 0 Å². The van der Waals surface area contributed by atoms with E-state index in [1.165, 1.54) is 87.6 Å². The van der Waals surface area contributed by atoms with Gasteiger partial charge in [-0.05, 0) is 136 Å². The van der Waals surface area contributed by atoms with Gasteiger partial charge in [-0.2, -0.15) is 0 Å². The van der Waals surface area contributed by atoms with Crippen LogP contribution in [0.25, 0.3) is 98.7 Å². The molecule has 0 heterocycles. The van der Waals surface area contributed by atoms with E-state index in [0.717, 1.165) is 28.2 Å². The Kier molecular flexibility index (Phi) is 9.58. The smallest absolute Gasteiger partial charge is 0.0540 e. The number of fused-ring (bicyclic) bond motifs is 7. The van der Waals surface area contributed by atoms with Crippen molar-refractivity contribution in [2.24, 2.45) is 0 Å². The largest absolute Gasteiger partial charge is 0.310 e. The van der Waals surface area contributed by atoms with Crippen molar-refractivity contribution in [3.05, 3.63) is 261 Å². The third-order valence-corrected chi connectivity index (χ3v) is 13.1. The second kappa shape index (κ2) is 16.3. The Hall–Kier alpha value is -8.52. The summed E-state index contributed by atoms with van der Waals surface area (Å²) in [4.78, 5) is 2.42. The molecule has 0 saturated carbocycles. The molecule has 12 aromatic rings. The Morgan fingerprint density at radius 2 is 0.631 bits per heavy atom. The standard InChI is InChI=1S/C64H43N/c1-4-16-44(17-5-1)51-34-41-63(61(42-51)47-20-8-3-9-21-47)65(53-37-30-49(31-38-53)64-54-23-11-10-22-48(54)32-39-55(64)46-18-6-2-7-19-46)52-35-28-45(29-36-52)50-33-40-60-58-26-13-12-24-56(58)57-25-14-15-27-59(57)62(60)43-50/h1-43H. The monoisotopic (exact) mass is 825 g/mol. The van der Waals surface area contributed by atoms with Crippen LogP contribution in [0.15, 0.2) is 261 Å². The second-order valence-corrected chi connectivity index (χ2v) is 16.8. The fourth-order valence-corrected chi connectivity index (χ4v) is 9.93. The van der Waals surface area contributed by atoms with Crippen molar-refractivity contribution in [2.75, 3.05) is 4.90 Å². The van der Waals surface area contributed by atoms with Gasteiger partial charge in [0.05, 0.1) is 5.69 Å². The van der Waals surface area contributed by atoms with Gasteiger partial charge in [-0.3, -0.25) is 0 Å². The van der Waals surface area contributed by atoms with Crippen molar-refractivity contribution in [3.8, 4) is 55.6 Å². The lowest BCUT2D eigenvalue weighted by Gasteiger charge is -2.29. The SMILES string of the molecule is c1ccc(-c2ccc(N(c3ccc(-c4ccc5c6ccccc6c6ccccc6c5c4)cc3)c3ccc(-c4c(-c5ccccc5)ccc5ccccc45)cc3)c(-c3ccccc3)c2)cc1. The first-order chi connectivity index (χ1) is 32.2. The van der Waals surface area contributed by atoms with Gasteiger partial charge in [-0.1, -0.05) is 218 Å². The molecule has 0 radical (unpaired) electrons. The lowest BCUT2D eigenvalue weighted by molar-refractivity contribution is 1.28. The van der Waals surface area contributed by atoms with Gasteiger partial charge in [0.25, 0.3) is 0 Å². The number of rotatable bonds is 8. The molecule has 0 fully saturated rings. The fraction of sp³-hybridized carbons (Fsp3) is 0. The predicted molar refractivity (Wildman–Crippen MR) is 278 cm³/mol. The van der Waals surface area contributed by atoms with Crippen LogP contribution in [0.4, 0.5) is 17.1 Å². The van der Waals surface area contributed by atoms with Crippen molar-refractivity contribution >= 4 is 60.2 Å². The Bertz CT molecular complexity index is 3630. The maximum atomic E-state index is 2.42. The molecule has 0 aliphatic heterocycles. The zero-order chi connectivity index (χ0) is 43.1. The second-order valence-electron chi connectivity index (χ2n) is 16.8. The van der Waals surface area contributed by atoms with E-state index in [-0.39, 0.29) is 0 Å². The highest BCUT2D eigenvalue weighted by atomic mass is 15.1. The van der Waals surface area contributed by atoms with Gasteiger partial charge in [0.15, 0.2) is 0 Å². The Morgan fingerprint density at radius 3 is 1.23 bits per heavy atom. The quantitative estimate of drug-likeness (QED) is 0.138. The zero-order valence-corrected chi connectivity index (χ0v) is 35.8. The Labute approximate surface area is 379 Å². The van der Waals surface area contributed by atoms with Crippen LogP contribution in [0.1, 0.15) is 0 Å². The third-order valence-electron chi connectivity index (χ3n) is 13.1. The maximum absolute atomic E-state index is 2.42. The molecule has 0 aliphatic carbocycles. The normalized spacial score (nSPS) is 11.4. The summed E-state index contributed by atoms with van der Waals surface area (Å²) in [6, 6.07) is 95.2. The van der Waals surface area contributed by atoms with Crippen molar-refractivity contribution in [1.29, 1.82) is 0 Å². The van der Waals surface area contributed by atoms with E-state index in [1.807, 2.05) is 0 Å². The molecule has 1 heteroatoms. The van der Waals surface area contributed by atoms with E-state index >= 15 is 0 Å². The Balaban J connectivity index is 1.02. The summed E-state index contributed by atoms with van der Waals surface area (Å²) in [5.41, 5.74) is 15.2. The first-order valence-electron chi connectivity index (χ1n) is 22.4. The number of hydrogen-bond donors (Lipinski definition) is 0. The van der Waals surface area contributed by atoms with Crippen LogP contribution in [-0.2, 0) is 0 Å². The highest BCUT2D eigenvalue weighted by Crippen LogP contribution is 2.45. The maximum Gasteiger partial charge on any atom is 0.0540 e. The van der Waals surface area contributed by atoms with Crippen LogP contribution in [0.2, 0.25) is 0 Å². The average molecular weight is 826 g/mol. The lowest BCUT2D eigenvalue weighted by Crippen LogP contribution is -2.11. The van der Waals surface area contributed by atoms with E-state index in [2.05, 4.69) is 266 Å². The Morgan fingerprint density at radius 1 is 0.215 bits per heavy atom. The molecule has 0 spiro atoms. The van der Waals surface area contributed by atoms with Gasteiger partial charge >= 0.3 is 0 Å². The van der Waals surface area contributed by atoms with Crippen LogP contribution in [0.5, 0.6) is 0 Å². The van der Waals surface area contributed by atoms with E-state index in [4.69, 9.17) is 0 Å². The summed E-state index contributed by atoms with van der Waals surface area (Å²) in [5.74, 6) is 0. The van der Waals surface area contributed by atoms with Crippen molar-refractivity contribution in [2.45, 2.75) is 0 Å².